The molecule has 0 saturated carbocycles. The summed E-state index contributed by atoms with van der Waals surface area (Å²) in [5.41, 5.74) is 3.96. The number of benzene rings is 2. The fourth-order valence-electron chi connectivity index (χ4n) is 4.66. The van der Waals surface area contributed by atoms with Crippen LogP contribution in [0.5, 0.6) is 0 Å². The molecule has 3 heterocycles. The molecule has 2 aliphatic rings. The average Bonchev–Trinajstić information content (AvgIpc) is 3.25. The molecule has 1 spiro atoms. The summed E-state index contributed by atoms with van der Waals surface area (Å²) in [6.45, 7) is 8.16. The van der Waals surface area contributed by atoms with Crippen LogP contribution < -0.4 is 10.2 Å². The van der Waals surface area contributed by atoms with Gasteiger partial charge in [-0.25, -0.2) is 4.68 Å². The van der Waals surface area contributed by atoms with E-state index in [0.29, 0.717) is 28.6 Å². The first-order valence-corrected chi connectivity index (χ1v) is 10.4. The van der Waals surface area contributed by atoms with E-state index >= 15 is 0 Å². The Morgan fingerprint density at radius 3 is 2.74 bits per heavy atom. The summed E-state index contributed by atoms with van der Waals surface area (Å²) < 4.78 is 1.69. The van der Waals surface area contributed by atoms with Gasteiger partial charge in [-0.2, -0.15) is 5.10 Å². The predicted molar refractivity (Wildman–Crippen MR) is 121 cm³/mol. The second-order valence-electron chi connectivity index (χ2n) is 8.06. The Kier molecular flexibility index (Phi) is 4.31. The molecule has 2 aliphatic heterocycles. The number of hydrogen-bond acceptors (Lipinski definition) is 3. The molecule has 0 unspecified atom stereocenters. The lowest BCUT2D eigenvalue weighted by atomic mass is 9.72. The molecule has 1 aromatic heterocycles. The van der Waals surface area contributed by atoms with E-state index in [0.717, 1.165) is 16.8 Å². The van der Waals surface area contributed by atoms with Crippen LogP contribution in [0.25, 0.3) is 5.69 Å². The number of nitrogens with one attached hydrogen (secondary N) is 1. The lowest BCUT2D eigenvalue weighted by Crippen LogP contribution is -2.46. The molecule has 0 fully saturated rings. The predicted octanol–water partition coefficient (Wildman–Crippen LogP) is 4.30. The van der Waals surface area contributed by atoms with Gasteiger partial charge in [-0.15, -0.1) is 6.58 Å². The SMILES string of the molecule is C=CCN1C(=O)[C@]2(CC(=O)Nc3c2cnn3-c2ccc(C)c(C)c2)c2cccc(Cl)c21. The zero-order valence-electron chi connectivity index (χ0n) is 17.3. The van der Waals surface area contributed by atoms with E-state index in [1.54, 1.807) is 27.9 Å². The molecule has 0 radical (unpaired) electrons. The summed E-state index contributed by atoms with van der Waals surface area (Å²) in [5.74, 6) is 0.0864. The first-order valence-electron chi connectivity index (χ1n) is 10.1. The molecule has 0 saturated heterocycles. The number of rotatable bonds is 3. The van der Waals surface area contributed by atoms with Gasteiger partial charge in [0.2, 0.25) is 11.8 Å². The Bertz CT molecular complexity index is 1280. The van der Waals surface area contributed by atoms with Crippen molar-refractivity contribution in [1.82, 2.24) is 9.78 Å². The highest BCUT2D eigenvalue weighted by atomic mass is 35.5. The van der Waals surface area contributed by atoms with Crippen molar-refractivity contribution in [2.75, 3.05) is 16.8 Å². The number of halogens is 1. The number of aromatic nitrogens is 2. The van der Waals surface area contributed by atoms with Gasteiger partial charge in [0.1, 0.15) is 11.2 Å². The van der Waals surface area contributed by atoms with Crippen LogP contribution >= 0.6 is 11.6 Å². The number of nitrogens with zero attached hydrogens (tertiary/aromatic N) is 3. The van der Waals surface area contributed by atoms with Crippen LogP contribution in [0.3, 0.4) is 0 Å². The zero-order valence-corrected chi connectivity index (χ0v) is 18.0. The molecule has 3 aromatic rings. The van der Waals surface area contributed by atoms with Crippen molar-refractivity contribution in [2.45, 2.75) is 25.7 Å². The fraction of sp³-hybridized carbons (Fsp3) is 0.208. The first-order chi connectivity index (χ1) is 14.9. The smallest absolute Gasteiger partial charge is 0.243 e. The summed E-state index contributed by atoms with van der Waals surface area (Å²) in [6, 6.07) is 11.4. The second kappa shape index (κ2) is 6.82. The highest BCUT2D eigenvalue weighted by Gasteiger charge is 2.57. The van der Waals surface area contributed by atoms with E-state index in [2.05, 4.69) is 17.0 Å². The molecule has 0 aliphatic carbocycles. The number of carbonyl (C=O) groups is 2. The third-order valence-corrected chi connectivity index (χ3v) is 6.59. The summed E-state index contributed by atoms with van der Waals surface area (Å²) in [4.78, 5) is 28.4. The normalized spacial score (nSPS) is 19.4. The molecule has 1 atom stereocenters. The molecule has 156 valence electrons. The first kappa shape index (κ1) is 19.6. The number of anilines is 2. The summed E-state index contributed by atoms with van der Waals surface area (Å²) in [6.07, 6.45) is 3.34. The molecular formula is C24H21ClN4O2. The molecule has 6 nitrogen and oxygen atoms in total. The Hall–Kier alpha value is -3.38. The number of aryl methyl sites for hydroxylation is 2. The van der Waals surface area contributed by atoms with E-state index in [1.165, 1.54) is 5.56 Å². The Morgan fingerprint density at radius 2 is 2.00 bits per heavy atom. The van der Waals surface area contributed by atoms with Gasteiger partial charge >= 0.3 is 0 Å². The minimum absolute atomic E-state index is 0.00155. The number of hydrogen-bond donors (Lipinski definition) is 1. The van der Waals surface area contributed by atoms with Gasteiger partial charge in [0.25, 0.3) is 0 Å². The topological polar surface area (TPSA) is 67.2 Å². The lowest BCUT2D eigenvalue weighted by Gasteiger charge is -2.32. The summed E-state index contributed by atoms with van der Waals surface area (Å²) in [5, 5.41) is 7.98. The molecule has 7 heteroatoms. The van der Waals surface area contributed by atoms with Gasteiger partial charge in [0, 0.05) is 18.5 Å². The summed E-state index contributed by atoms with van der Waals surface area (Å²) in [7, 11) is 0. The van der Waals surface area contributed by atoms with E-state index in [9.17, 15) is 9.59 Å². The second-order valence-corrected chi connectivity index (χ2v) is 8.47. The standard InChI is InChI=1S/C24H21ClN4O2/c1-4-10-28-21-17(6-5-7-19(21)25)24(23(28)31)12-20(30)27-22-18(24)13-26-29(22)16-9-8-14(2)15(3)11-16/h4-9,11,13H,1,10,12H2,2-3H3,(H,27,30)/t24-/m1/s1. The molecular weight excluding hydrogens is 412 g/mol. The maximum absolute atomic E-state index is 13.8. The molecule has 5 rings (SSSR count). The van der Waals surface area contributed by atoms with Crippen molar-refractivity contribution in [3.63, 3.8) is 0 Å². The fourth-order valence-corrected chi connectivity index (χ4v) is 4.94. The van der Waals surface area contributed by atoms with Gasteiger partial charge in [0.05, 0.1) is 22.6 Å². The molecule has 0 bridgehead atoms. The highest BCUT2D eigenvalue weighted by molar-refractivity contribution is 6.35. The van der Waals surface area contributed by atoms with Crippen LogP contribution in [0.1, 0.15) is 28.7 Å². The van der Waals surface area contributed by atoms with Crippen molar-refractivity contribution in [1.29, 1.82) is 0 Å². The maximum Gasteiger partial charge on any atom is 0.243 e. The van der Waals surface area contributed by atoms with Crippen molar-refractivity contribution in [3.05, 3.63) is 82.5 Å². The van der Waals surface area contributed by atoms with E-state index in [1.807, 2.05) is 44.2 Å². The largest absolute Gasteiger partial charge is 0.310 e. The van der Waals surface area contributed by atoms with Gasteiger partial charge in [0.15, 0.2) is 0 Å². The summed E-state index contributed by atoms with van der Waals surface area (Å²) >= 11 is 6.52. The van der Waals surface area contributed by atoms with Crippen LogP contribution in [-0.4, -0.2) is 28.1 Å². The van der Waals surface area contributed by atoms with Crippen LogP contribution in [0.4, 0.5) is 11.5 Å². The minimum atomic E-state index is -1.17. The van der Waals surface area contributed by atoms with Gasteiger partial charge in [-0.05, 0) is 48.7 Å². The lowest BCUT2D eigenvalue weighted by molar-refractivity contribution is -0.126. The van der Waals surface area contributed by atoms with Crippen molar-refractivity contribution in [2.24, 2.45) is 0 Å². The third kappa shape index (κ3) is 2.61. The van der Waals surface area contributed by atoms with Gasteiger partial charge in [-0.1, -0.05) is 35.9 Å². The average molecular weight is 433 g/mol. The molecule has 1 N–H and O–H groups in total. The van der Waals surface area contributed by atoms with E-state index < -0.39 is 5.41 Å². The minimum Gasteiger partial charge on any atom is -0.310 e. The van der Waals surface area contributed by atoms with Gasteiger partial charge < -0.3 is 10.2 Å². The quantitative estimate of drug-likeness (QED) is 0.627. The van der Waals surface area contributed by atoms with Crippen LogP contribution in [-0.2, 0) is 15.0 Å². The molecule has 2 aromatic carbocycles. The van der Waals surface area contributed by atoms with Crippen LogP contribution in [0.2, 0.25) is 5.02 Å². The number of para-hydroxylation sites is 1. The van der Waals surface area contributed by atoms with Crippen LogP contribution in [0, 0.1) is 13.8 Å². The van der Waals surface area contributed by atoms with Crippen molar-refractivity contribution < 1.29 is 9.59 Å². The Labute approximate surface area is 185 Å². The van der Waals surface area contributed by atoms with Crippen molar-refractivity contribution >= 4 is 34.9 Å². The number of fused-ring (bicyclic) bond motifs is 4. The third-order valence-electron chi connectivity index (χ3n) is 6.29. The Morgan fingerprint density at radius 1 is 1.19 bits per heavy atom. The molecule has 31 heavy (non-hydrogen) atoms. The monoisotopic (exact) mass is 432 g/mol. The van der Waals surface area contributed by atoms with E-state index in [-0.39, 0.29) is 18.2 Å². The molecule has 2 amide bonds. The van der Waals surface area contributed by atoms with Crippen LogP contribution in [0.15, 0.2) is 55.3 Å². The van der Waals surface area contributed by atoms with Gasteiger partial charge in [-0.3, -0.25) is 9.59 Å². The van der Waals surface area contributed by atoms with Crippen molar-refractivity contribution in [3.8, 4) is 5.69 Å². The maximum atomic E-state index is 13.8. The highest BCUT2D eigenvalue weighted by Crippen LogP contribution is 2.54. The van der Waals surface area contributed by atoms with E-state index in [4.69, 9.17) is 11.6 Å². The number of amides is 2. The number of carbonyl (C=O) groups excluding carboxylic acids is 2. The zero-order chi connectivity index (χ0) is 21.9. The Balaban J connectivity index is 1.77.